The van der Waals surface area contributed by atoms with Gasteiger partial charge in [-0.25, -0.2) is 0 Å². The fourth-order valence-electron chi connectivity index (χ4n) is 2.76. The van der Waals surface area contributed by atoms with Gasteiger partial charge >= 0.3 is 5.51 Å². The zero-order chi connectivity index (χ0) is 15.3. The van der Waals surface area contributed by atoms with Crippen LogP contribution >= 0.6 is 11.8 Å². The van der Waals surface area contributed by atoms with Gasteiger partial charge in [0.15, 0.2) is 0 Å². The number of rotatable bonds is 5. The normalized spacial score (nSPS) is 18.5. The van der Waals surface area contributed by atoms with E-state index in [0.717, 1.165) is 31.4 Å². The topological polar surface area (TPSA) is 32.3 Å². The Hall–Kier alpha value is -0.880. The number of hydrogen-bond donors (Lipinski definition) is 2. The van der Waals surface area contributed by atoms with Crippen LogP contribution in [-0.4, -0.2) is 23.8 Å². The maximum atomic E-state index is 12.2. The molecule has 0 heterocycles. The number of alkyl halides is 3. The minimum atomic E-state index is -4.25. The Bertz CT molecular complexity index is 441. The second-order valence-electron chi connectivity index (χ2n) is 5.64. The summed E-state index contributed by atoms with van der Waals surface area (Å²) in [6.45, 7) is 0.817. The van der Waals surface area contributed by atoms with Crippen LogP contribution in [0, 0.1) is 5.41 Å². The van der Waals surface area contributed by atoms with Crippen LogP contribution in [0.4, 0.5) is 18.9 Å². The molecule has 0 radical (unpaired) electrons. The number of aliphatic hydroxyl groups excluding tert-OH is 1. The molecule has 0 aliphatic heterocycles. The lowest BCUT2D eigenvalue weighted by Crippen LogP contribution is -2.35. The molecule has 1 aromatic carbocycles. The highest BCUT2D eigenvalue weighted by Gasteiger charge is 2.31. The van der Waals surface area contributed by atoms with Gasteiger partial charge in [-0.3, -0.25) is 0 Å². The van der Waals surface area contributed by atoms with Gasteiger partial charge in [0.1, 0.15) is 0 Å². The second-order valence-corrected chi connectivity index (χ2v) is 6.78. The molecule has 1 aromatic rings. The summed E-state index contributed by atoms with van der Waals surface area (Å²) in [5.74, 6) is 0. The van der Waals surface area contributed by atoms with Crippen LogP contribution in [0.3, 0.4) is 0 Å². The molecule has 2 N–H and O–H groups in total. The number of anilines is 1. The van der Waals surface area contributed by atoms with Gasteiger partial charge in [-0.1, -0.05) is 19.3 Å². The molecule has 0 unspecified atom stereocenters. The summed E-state index contributed by atoms with van der Waals surface area (Å²) in [5.41, 5.74) is -3.55. The maximum Gasteiger partial charge on any atom is 0.446 e. The monoisotopic (exact) mass is 319 g/mol. The van der Waals surface area contributed by atoms with Crippen molar-refractivity contribution in [2.45, 2.75) is 42.5 Å². The molecule has 0 spiro atoms. The van der Waals surface area contributed by atoms with Gasteiger partial charge in [-0.15, -0.1) is 0 Å². The fourth-order valence-corrected chi connectivity index (χ4v) is 3.30. The lowest BCUT2D eigenvalue weighted by Gasteiger charge is -2.36. The number of thioether (sulfide) groups is 1. The van der Waals surface area contributed by atoms with Crippen LogP contribution in [-0.2, 0) is 0 Å². The maximum absolute atomic E-state index is 12.2. The summed E-state index contributed by atoms with van der Waals surface area (Å²) in [6, 6.07) is 6.24. The number of halogens is 3. The molecule has 1 fully saturated rings. The van der Waals surface area contributed by atoms with Crippen molar-refractivity contribution >= 4 is 17.4 Å². The second kappa shape index (κ2) is 6.92. The van der Waals surface area contributed by atoms with Crippen LogP contribution in [0.25, 0.3) is 0 Å². The van der Waals surface area contributed by atoms with Crippen LogP contribution in [0.1, 0.15) is 32.1 Å². The van der Waals surface area contributed by atoms with Crippen molar-refractivity contribution < 1.29 is 18.3 Å². The Kier molecular flexibility index (Phi) is 5.43. The van der Waals surface area contributed by atoms with Gasteiger partial charge in [0, 0.05) is 22.5 Å². The van der Waals surface area contributed by atoms with Crippen molar-refractivity contribution in [1.29, 1.82) is 0 Å². The first-order valence-corrected chi connectivity index (χ1v) is 7.95. The largest absolute Gasteiger partial charge is 0.446 e. The molecule has 1 aliphatic rings. The van der Waals surface area contributed by atoms with Crippen molar-refractivity contribution in [2.75, 3.05) is 18.5 Å². The van der Waals surface area contributed by atoms with Gasteiger partial charge in [0.05, 0.1) is 6.61 Å². The molecule has 6 heteroatoms. The third-order valence-corrected chi connectivity index (χ3v) is 4.74. The minimum Gasteiger partial charge on any atom is -0.396 e. The van der Waals surface area contributed by atoms with Crippen LogP contribution in [0.5, 0.6) is 0 Å². The number of hydrogen-bond acceptors (Lipinski definition) is 3. The SMILES string of the molecule is OCC1(CNc2ccc(SC(F)(F)F)cc2)CCCCC1. The highest BCUT2D eigenvalue weighted by molar-refractivity contribution is 8.00. The van der Waals surface area contributed by atoms with E-state index in [2.05, 4.69) is 5.32 Å². The molecule has 0 saturated heterocycles. The van der Waals surface area contributed by atoms with Crippen molar-refractivity contribution in [3.8, 4) is 0 Å². The summed E-state index contributed by atoms with van der Waals surface area (Å²) >= 11 is -0.108. The van der Waals surface area contributed by atoms with Gasteiger partial charge < -0.3 is 10.4 Å². The van der Waals surface area contributed by atoms with E-state index in [1.165, 1.54) is 18.6 Å². The molecule has 1 aliphatic carbocycles. The first-order chi connectivity index (χ1) is 9.92. The molecule has 2 nitrogen and oxygen atoms in total. The van der Waals surface area contributed by atoms with Crippen LogP contribution < -0.4 is 5.32 Å². The molecule has 0 bridgehead atoms. The molecule has 0 aromatic heterocycles. The summed E-state index contributed by atoms with van der Waals surface area (Å²) in [5, 5.41) is 12.9. The van der Waals surface area contributed by atoms with E-state index in [1.54, 1.807) is 12.1 Å². The average molecular weight is 319 g/mol. The molecule has 2 rings (SSSR count). The Morgan fingerprint density at radius 2 is 1.71 bits per heavy atom. The summed E-state index contributed by atoms with van der Waals surface area (Å²) in [6.07, 6.45) is 5.47. The average Bonchev–Trinajstić information content (AvgIpc) is 2.46. The van der Waals surface area contributed by atoms with E-state index >= 15 is 0 Å². The predicted octanol–water partition coefficient (Wildman–Crippen LogP) is 4.65. The lowest BCUT2D eigenvalue weighted by molar-refractivity contribution is -0.0328. The number of aliphatic hydroxyl groups is 1. The Balaban J connectivity index is 1.91. The zero-order valence-corrected chi connectivity index (χ0v) is 12.6. The van der Waals surface area contributed by atoms with Crippen molar-refractivity contribution in [3.05, 3.63) is 24.3 Å². The molecule has 21 heavy (non-hydrogen) atoms. The fraction of sp³-hybridized carbons (Fsp3) is 0.600. The molecule has 1 saturated carbocycles. The summed E-state index contributed by atoms with van der Waals surface area (Å²) in [7, 11) is 0. The van der Waals surface area contributed by atoms with Gasteiger partial charge in [-0.05, 0) is 48.9 Å². The first-order valence-electron chi connectivity index (χ1n) is 7.13. The van der Waals surface area contributed by atoms with Crippen LogP contribution in [0.2, 0.25) is 0 Å². The Labute approximate surface area is 127 Å². The van der Waals surface area contributed by atoms with Gasteiger partial charge in [0.2, 0.25) is 0 Å². The van der Waals surface area contributed by atoms with Crippen molar-refractivity contribution in [3.63, 3.8) is 0 Å². The summed E-state index contributed by atoms with van der Waals surface area (Å²) in [4.78, 5) is 0.183. The zero-order valence-electron chi connectivity index (χ0n) is 11.7. The van der Waals surface area contributed by atoms with E-state index in [-0.39, 0.29) is 28.7 Å². The Morgan fingerprint density at radius 1 is 1.10 bits per heavy atom. The molecule has 118 valence electrons. The lowest BCUT2D eigenvalue weighted by atomic mass is 9.74. The van der Waals surface area contributed by atoms with Crippen molar-refractivity contribution in [2.24, 2.45) is 5.41 Å². The number of benzene rings is 1. The standard InChI is InChI=1S/C15H20F3NOS/c16-15(17,18)21-13-6-4-12(5-7-13)19-10-14(11-20)8-2-1-3-9-14/h4-7,19-20H,1-3,8-11H2. The van der Waals surface area contributed by atoms with E-state index < -0.39 is 5.51 Å². The minimum absolute atomic E-state index is 0.0857. The van der Waals surface area contributed by atoms with Crippen molar-refractivity contribution in [1.82, 2.24) is 0 Å². The van der Waals surface area contributed by atoms with E-state index in [4.69, 9.17) is 0 Å². The highest BCUT2D eigenvalue weighted by atomic mass is 32.2. The van der Waals surface area contributed by atoms with E-state index in [9.17, 15) is 18.3 Å². The highest BCUT2D eigenvalue weighted by Crippen LogP contribution is 2.38. The van der Waals surface area contributed by atoms with Gasteiger partial charge in [-0.2, -0.15) is 13.2 Å². The number of nitrogens with one attached hydrogen (secondary N) is 1. The third-order valence-electron chi connectivity index (χ3n) is 4.01. The molecular formula is C15H20F3NOS. The van der Waals surface area contributed by atoms with E-state index in [0.29, 0.717) is 6.54 Å². The van der Waals surface area contributed by atoms with Crippen LogP contribution in [0.15, 0.2) is 29.2 Å². The first kappa shape index (κ1) is 16.5. The quantitative estimate of drug-likeness (QED) is 0.775. The van der Waals surface area contributed by atoms with Gasteiger partial charge in [0.25, 0.3) is 0 Å². The smallest absolute Gasteiger partial charge is 0.396 e. The van der Waals surface area contributed by atoms with E-state index in [1.807, 2.05) is 0 Å². The third kappa shape index (κ3) is 5.11. The molecule has 0 amide bonds. The Morgan fingerprint density at radius 3 is 2.24 bits per heavy atom. The molecular weight excluding hydrogens is 299 g/mol. The molecule has 0 atom stereocenters. The summed E-state index contributed by atoms with van der Waals surface area (Å²) < 4.78 is 36.7. The predicted molar refractivity (Wildman–Crippen MR) is 79.4 cm³/mol.